The van der Waals surface area contributed by atoms with E-state index in [0.717, 1.165) is 6.42 Å². The molecule has 0 saturated carbocycles. The zero-order valence-electron chi connectivity index (χ0n) is 7.70. The Labute approximate surface area is 77.8 Å². The molecule has 0 fully saturated rings. The number of aromatic hydroxyl groups is 1. The van der Waals surface area contributed by atoms with Crippen molar-refractivity contribution in [2.24, 2.45) is 5.73 Å². The van der Waals surface area contributed by atoms with Crippen LogP contribution < -0.4 is 5.73 Å². The fraction of sp³-hybridized carbons (Fsp3) is 0.400. The summed E-state index contributed by atoms with van der Waals surface area (Å²) in [7, 11) is 0. The minimum atomic E-state index is -1.33. The van der Waals surface area contributed by atoms with Gasteiger partial charge in [0.2, 0.25) is 0 Å². The lowest BCUT2D eigenvalue weighted by Crippen LogP contribution is -2.35. The van der Waals surface area contributed by atoms with Gasteiger partial charge >= 0.3 is 0 Å². The second-order valence-corrected chi connectivity index (χ2v) is 3.22. The van der Waals surface area contributed by atoms with Gasteiger partial charge in [-0.05, 0) is 18.6 Å². The predicted octanol–water partition coefficient (Wildman–Crippen LogP) is 1.30. The van der Waals surface area contributed by atoms with Gasteiger partial charge in [0, 0.05) is 5.56 Å². The third-order valence-electron chi connectivity index (χ3n) is 1.98. The molecule has 0 aliphatic rings. The number of hydrogen-bond acceptors (Lipinski definition) is 3. The van der Waals surface area contributed by atoms with E-state index in [4.69, 9.17) is 5.73 Å². The Morgan fingerprint density at radius 3 is 2.69 bits per heavy atom. The van der Waals surface area contributed by atoms with Gasteiger partial charge in [-0.3, -0.25) is 5.73 Å². The van der Waals surface area contributed by atoms with E-state index in [9.17, 15) is 10.2 Å². The molecule has 13 heavy (non-hydrogen) atoms. The van der Waals surface area contributed by atoms with Crippen LogP contribution in [0.1, 0.15) is 25.3 Å². The van der Waals surface area contributed by atoms with E-state index in [1.54, 1.807) is 18.2 Å². The van der Waals surface area contributed by atoms with Crippen LogP contribution in [0.4, 0.5) is 0 Å². The maximum atomic E-state index is 9.78. The molecule has 0 radical (unpaired) electrons. The first-order valence-electron chi connectivity index (χ1n) is 4.37. The number of rotatable bonds is 3. The standard InChI is InChI=1S/C10H15NO2/c1-2-6-10(11,13)8-4-3-5-9(12)7-8/h3-5,7,12-13H,2,6,11H2,1H3. The molecule has 0 saturated heterocycles. The summed E-state index contributed by atoms with van der Waals surface area (Å²) in [4.78, 5) is 0. The van der Waals surface area contributed by atoms with Crippen molar-refractivity contribution in [1.82, 2.24) is 0 Å². The van der Waals surface area contributed by atoms with E-state index in [2.05, 4.69) is 0 Å². The molecule has 0 amide bonds. The predicted molar refractivity (Wildman–Crippen MR) is 51.1 cm³/mol. The Balaban J connectivity index is 2.93. The van der Waals surface area contributed by atoms with Crippen molar-refractivity contribution < 1.29 is 10.2 Å². The maximum absolute atomic E-state index is 9.78. The fourth-order valence-electron chi connectivity index (χ4n) is 1.30. The highest BCUT2D eigenvalue weighted by Crippen LogP contribution is 2.23. The number of phenolic OH excluding ortho intramolecular Hbond substituents is 1. The lowest BCUT2D eigenvalue weighted by atomic mass is 9.99. The number of phenols is 1. The van der Waals surface area contributed by atoms with Crippen molar-refractivity contribution in [3.05, 3.63) is 29.8 Å². The minimum Gasteiger partial charge on any atom is -0.508 e. The number of nitrogens with two attached hydrogens (primary N) is 1. The topological polar surface area (TPSA) is 66.5 Å². The highest BCUT2D eigenvalue weighted by Gasteiger charge is 2.22. The van der Waals surface area contributed by atoms with Gasteiger partial charge in [-0.2, -0.15) is 0 Å². The molecule has 0 spiro atoms. The Morgan fingerprint density at radius 1 is 1.46 bits per heavy atom. The molecule has 1 rings (SSSR count). The Hall–Kier alpha value is -1.06. The Kier molecular flexibility index (Phi) is 2.90. The van der Waals surface area contributed by atoms with Crippen LogP contribution in [0.5, 0.6) is 5.75 Å². The normalized spacial score (nSPS) is 15.3. The molecule has 1 unspecified atom stereocenters. The molecule has 0 aliphatic carbocycles. The van der Waals surface area contributed by atoms with Crippen molar-refractivity contribution in [3.8, 4) is 5.75 Å². The van der Waals surface area contributed by atoms with Crippen LogP contribution in [0.15, 0.2) is 24.3 Å². The lowest BCUT2D eigenvalue weighted by molar-refractivity contribution is 0.0333. The molecule has 0 bridgehead atoms. The molecule has 0 heterocycles. The zero-order chi connectivity index (χ0) is 9.90. The first kappa shape index (κ1) is 10.0. The van der Waals surface area contributed by atoms with Crippen LogP contribution in [0.2, 0.25) is 0 Å². The van der Waals surface area contributed by atoms with E-state index >= 15 is 0 Å². The Morgan fingerprint density at radius 2 is 2.15 bits per heavy atom. The van der Waals surface area contributed by atoms with E-state index in [0.29, 0.717) is 12.0 Å². The van der Waals surface area contributed by atoms with Crippen molar-refractivity contribution in [2.75, 3.05) is 0 Å². The molecule has 0 aliphatic heterocycles. The zero-order valence-corrected chi connectivity index (χ0v) is 7.70. The van der Waals surface area contributed by atoms with E-state index in [1.807, 2.05) is 6.92 Å². The molecule has 1 atom stereocenters. The first-order valence-corrected chi connectivity index (χ1v) is 4.37. The third-order valence-corrected chi connectivity index (χ3v) is 1.98. The molecule has 3 nitrogen and oxygen atoms in total. The summed E-state index contributed by atoms with van der Waals surface area (Å²) in [6, 6.07) is 6.40. The molecule has 1 aromatic carbocycles. The lowest BCUT2D eigenvalue weighted by Gasteiger charge is -2.22. The van der Waals surface area contributed by atoms with Crippen molar-refractivity contribution in [2.45, 2.75) is 25.5 Å². The minimum absolute atomic E-state index is 0.123. The second-order valence-electron chi connectivity index (χ2n) is 3.22. The van der Waals surface area contributed by atoms with Crippen molar-refractivity contribution in [3.63, 3.8) is 0 Å². The summed E-state index contributed by atoms with van der Waals surface area (Å²) in [5.74, 6) is 0.123. The highest BCUT2D eigenvalue weighted by molar-refractivity contribution is 5.30. The SMILES string of the molecule is CCCC(N)(O)c1cccc(O)c1. The summed E-state index contributed by atoms with van der Waals surface area (Å²) in [5, 5.41) is 19.0. The van der Waals surface area contributed by atoms with Crippen molar-refractivity contribution in [1.29, 1.82) is 0 Å². The smallest absolute Gasteiger partial charge is 0.139 e. The molecule has 72 valence electrons. The molecule has 0 aromatic heterocycles. The summed E-state index contributed by atoms with van der Waals surface area (Å²) in [6.45, 7) is 1.95. The van der Waals surface area contributed by atoms with Gasteiger partial charge in [-0.25, -0.2) is 0 Å². The van der Waals surface area contributed by atoms with E-state index < -0.39 is 5.72 Å². The van der Waals surface area contributed by atoms with Gasteiger partial charge in [0.25, 0.3) is 0 Å². The maximum Gasteiger partial charge on any atom is 0.139 e. The van der Waals surface area contributed by atoms with E-state index in [1.165, 1.54) is 6.07 Å². The highest BCUT2D eigenvalue weighted by atomic mass is 16.3. The molecule has 4 N–H and O–H groups in total. The molecule has 3 heteroatoms. The summed E-state index contributed by atoms with van der Waals surface area (Å²) in [5.41, 5.74) is 4.89. The first-order chi connectivity index (χ1) is 6.06. The quantitative estimate of drug-likeness (QED) is 0.616. The van der Waals surface area contributed by atoms with Gasteiger partial charge in [-0.1, -0.05) is 25.5 Å². The van der Waals surface area contributed by atoms with Gasteiger partial charge in [0.05, 0.1) is 0 Å². The number of benzene rings is 1. The van der Waals surface area contributed by atoms with Crippen LogP contribution >= 0.6 is 0 Å². The largest absolute Gasteiger partial charge is 0.508 e. The van der Waals surface area contributed by atoms with Gasteiger partial charge < -0.3 is 10.2 Å². The number of hydrogen-bond donors (Lipinski definition) is 3. The van der Waals surface area contributed by atoms with Crippen LogP contribution in [0.25, 0.3) is 0 Å². The van der Waals surface area contributed by atoms with Crippen LogP contribution in [0, 0.1) is 0 Å². The van der Waals surface area contributed by atoms with Gasteiger partial charge in [-0.15, -0.1) is 0 Å². The summed E-state index contributed by atoms with van der Waals surface area (Å²) in [6.07, 6.45) is 1.28. The number of aliphatic hydroxyl groups is 1. The molecular weight excluding hydrogens is 166 g/mol. The summed E-state index contributed by atoms with van der Waals surface area (Å²) < 4.78 is 0. The third kappa shape index (κ3) is 2.44. The fourth-order valence-corrected chi connectivity index (χ4v) is 1.30. The summed E-state index contributed by atoms with van der Waals surface area (Å²) >= 11 is 0. The van der Waals surface area contributed by atoms with Crippen LogP contribution in [-0.4, -0.2) is 10.2 Å². The van der Waals surface area contributed by atoms with Crippen LogP contribution in [-0.2, 0) is 5.72 Å². The average Bonchev–Trinajstić information content (AvgIpc) is 2.04. The monoisotopic (exact) mass is 181 g/mol. The average molecular weight is 181 g/mol. The Bertz CT molecular complexity index is 284. The molecule has 1 aromatic rings. The molecular formula is C10H15NO2. The van der Waals surface area contributed by atoms with Gasteiger partial charge in [0.15, 0.2) is 0 Å². The second kappa shape index (κ2) is 3.77. The van der Waals surface area contributed by atoms with Gasteiger partial charge in [0.1, 0.15) is 11.5 Å². The van der Waals surface area contributed by atoms with E-state index in [-0.39, 0.29) is 5.75 Å². The van der Waals surface area contributed by atoms with Crippen LogP contribution in [0.3, 0.4) is 0 Å². The van der Waals surface area contributed by atoms with Crippen molar-refractivity contribution >= 4 is 0 Å².